The number of nitrogens with zero attached hydrogens (tertiary/aromatic N) is 4. The van der Waals surface area contributed by atoms with Crippen LogP contribution in [0.4, 0.5) is 0 Å². The molecule has 0 aliphatic rings. The van der Waals surface area contributed by atoms with Crippen molar-refractivity contribution in [1.29, 1.82) is 0 Å². The number of aryl methyl sites for hydroxylation is 1. The number of thiazole rings is 1. The molecular weight excluding hydrogens is 244 g/mol. The van der Waals surface area contributed by atoms with Gasteiger partial charge in [0.2, 0.25) is 0 Å². The second-order valence-electron chi connectivity index (χ2n) is 4.15. The van der Waals surface area contributed by atoms with Crippen LogP contribution >= 0.6 is 11.3 Å². The van der Waals surface area contributed by atoms with Crippen molar-refractivity contribution in [2.75, 3.05) is 0 Å². The molecule has 4 nitrogen and oxygen atoms in total. The second-order valence-corrected chi connectivity index (χ2v) is 5.01. The van der Waals surface area contributed by atoms with Crippen LogP contribution in [0.25, 0.3) is 10.6 Å². The fraction of sp³-hybridized carbons (Fsp3) is 0.154. The van der Waals surface area contributed by atoms with Crippen LogP contribution in [0.15, 0.2) is 42.3 Å². The summed E-state index contributed by atoms with van der Waals surface area (Å²) in [6.45, 7) is 2.81. The summed E-state index contributed by atoms with van der Waals surface area (Å²) in [6.07, 6.45) is 3.40. The van der Waals surface area contributed by atoms with Crippen molar-refractivity contribution in [2.45, 2.75) is 13.5 Å². The number of aromatic nitrogens is 4. The number of hydrogen-bond donors (Lipinski definition) is 0. The molecular formula is C13H12N4S. The Morgan fingerprint density at radius 3 is 2.83 bits per heavy atom. The standard InChI is InChI=1S/C13H12N4S/c1-10-3-2-4-11(5-10)13-16-12(7-18-13)6-17-8-14-15-9-17/h2-5,7-9H,6H2,1H3. The molecule has 2 aromatic heterocycles. The van der Waals surface area contributed by atoms with E-state index in [0.29, 0.717) is 0 Å². The summed E-state index contributed by atoms with van der Waals surface area (Å²) in [5.41, 5.74) is 3.47. The minimum absolute atomic E-state index is 0.718. The Kier molecular flexibility index (Phi) is 2.90. The van der Waals surface area contributed by atoms with Gasteiger partial charge in [0.1, 0.15) is 17.7 Å². The number of benzene rings is 1. The van der Waals surface area contributed by atoms with E-state index in [1.54, 1.807) is 24.0 Å². The lowest BCUT2D eigenvalue weighted by atomic mass is 10.1. The lowest BCUT2D eigenvalue weighted by Gasteiger charge is -1.98. The van der Waals surface area contributed by atoms with Gasteiger partial charge in [0.25, 0.3) is 0 Å². The molecule has 0 unspecified atom stereocenters. The van der Waals surface area contributed by atoms with Crippen LogP contribution in [0, 0.1) is 6.92 Å². The monoisotopic (exact) mass is 256 g/mol. The van der Waals surface area contributed by atoms with Gasteiger partial charge in [0, 0.05) is 10.9 Å². The molecule has 0 aliphatic heterocycles. The third-order valence-electron chi connectivity index (χ3n) is 2.63. The van der Waals surface area contributed by atoms with Gasteiger partial charge in [0.05, 0.1) is 12.2 Å². The fourth-order valence-corrected chi connectivity index (χ4v) is 2.59. The zero-order valence-corrected chi connectivity index (χ0v) is 10.8. The van der Waals surface area contributed by atoms with Crippen LogP contribution in [-0.4, -0.2) is 19.7 Å². The minimum atomic E-state index is 0.718. The molecule has 2 heterocycles. The Hall–Kier alpha value is -2.01. The van der Waals surface area contributed by atoms with E-state index in [0.717, 1.165) is 17.2 Å². The predicted octanol–water partition coefficient (Wildman–Crippen LogP) is 2.76. The average Bonchev–Trinajstić information content (AvgIpc) is 3.01. The third kappa shape index (κ3) is 2.31. The fourth-order valence-electron chi connectivity index (χ4n) is 1.78. The molecule has 0 atom stereocenters. The summed E-state index contributed by atoms with van der Waals surface area (Å²) >= 11 is 1.67. The van der Waals surface area contributed by atoms with Crippen molar-refractivity contribution in [3.05, 3.63) is 53.6 Å². The van der Waals surface area contributed by atoms with Gasteiger partial charge in [-0.3, -0.25) is 0 Å². The highest BCUT2D eigenvalue weighted by Gasteiger charge is 2.05. The number of rotatable bonds is 3. The first kappa shape index (κ1) is 11.1. The summed E-state index contributed by atoms with van der Waals surface area (Å²) in [6, 6.07) is 8.40. The minimum Gasteiger partial charge on any atom is -0.314 e. The van der Waals surface area contributed by atoms with Gasteiger partial charge in [-0.2, -0.15) is 0 Å². The van der Waals surface area contributed by atoms with Gasteiger partial charge in [-0.05, 0) is 13.0 Å². The van der Waals surface area contributed by atoms with E-state index >= 15 is 0 Å². The summed E-state index contributed by atoms with van der Waals surface area (Å²) in [4.78, 5) is 4.64. The van der Waals surface area contributed by atoms with Gasteiger partial charge in [-0.15, -0.1) is 21.5 Å². The predicted molar refractivity (Wildman–Crippen MR) is 71.4 cm³/mol. The molecule has 3 rings (SSSR count). The van der Waals surface area contributed by atoms with Crippen molar-refractivity contribution >= 4 is 11.3 Å². The molecule has 0 N–H and O–H groups in total. The zero-order valence-electron chi connectivity index (χ0n) is 9.95. The molecule has 18 heavy (non-hydrogen) atoms. The quantitative estimate of drug-likeness (QED) is 0.723. The topological polar surface area (TPSA) is 43.6 Å². The lowest BCUT2D eigenvalue weighted by Crippen LogP contribution is -1.96. The molecule has 0 amide bonds. The molecule has 3 aromatic rings. The van der Waals surface area contributed by atoms with Gasteiger partial charge < -0.3 is 4.57 Å². The molecule has 1 aromatic carbocycles. The van der Waals surface area contributed by atoms with Crippen molar-refractivity contribution in [3.63, 3.8) is 0 Å². The normalized spacial score (nSPS) is 10.7. The van der Waals surface area contributed by atoms with Crippen LogP contribution in [-0.2, 0) is 6.54 Å². The molecule has 0 radical (unpaired) electrons. The zero-order chi connectivity index (χ0) is 12.4. The maximum Gasteiger partial charge on any atom is 0.123 e. The Morgan fingerprint density at radius 2 is 2.06 bits per heavy atom. The van der Waals surface area contributed by atoms with E-state index in [1.165, 1.54) is 11.1 Å². The average molecular weight is 256 g/mol. The van der Waals surface area contributed by atoms with Gasteiger partial charge in [-0.1, -0.05) is 23.8 Å². The highest BCUT2D eigenvalue weighted by atomic mass is 32.1. The largest absolute Gasteiger partial charge is 0.314 e. The summed E-state index contributed by atoms with van der Waals surface area (Å²) < 4.78 is 1.91. The Bertz CT molecular complexity index is 643. The molecule has 0 bridgehead atoms. The van der Waals surface area contributed by atoms with E-state index < -0.39 is 0 Å². The first-order chi connectivity index (χ1) is 8.81. The van der Waals surface area contributed by atoms with Crippen LogP contribution in [0.1, 0.15) is 11.3 Å². The molecule has 5 heteroatoms. The maximum atomic E-state index is 4.64. The van der Waals surface area contributed by atoms with Crippen molar-refractivity contribution in [3.8, 4) is 10.6 Å². The Morgan fingerprint density at radius 1 is 1.22 bits per heavy atom. The molecule has 0 spiro atoms. The third-order valence-corrected chi connectivity index (χ3v) is 3.57. The highest BCUT2D eigenvalue weighted by Crippen LogP contribution is 2.24. The smallest absolute Gasteiger partial charge is 0.123 e. The van der Waals surface area contributed by atoms with Crippen LogP contribution in [0.2, 0.25) is 0 Å². The first-order valence-corrected chi connectivity index (χ1v) is 6.53. The molecule has 0 saturated carbocycles. The van der Waals surface area contributed by atoms with Gasteiger partial charge >= 0.3 is 0 Å². The maximum absolute atomic E-state index is 4.64. The van der Waals surface area contributed by atoms with E-state index in [1.807, 2.05) is 4.57 Å². The second kappa shape index (κ2) is 4.70. The van der Waals surface area contributed by atoms with Crippen molar-refractivity contribution in [1.82, 2.24) is 19.7 Å². The summed E-state index contributed by atoms with van der Waals surface area (Å²) in [5, 5.41) is 10.7. The van der Waals surface area contributed by atoms with Crippen molar-refractivity contribution in [2.24, 2.45) is 0 Å². The van der Waals surface area contributed by atoms with E-state index in [9.17, 15) is 0 Å². The molecule has 90 valence electrons. The molecule has 0 aliphatic carbocycles. The molecule has 0 saturated heterocycles. The van der Waals surface area contributed by atoms with E-state index in [2.05, 4.69) is 51.8 Å². The Labute approximate surface area is 109 Å². The summed E-state index contributed by atoms with van der Waals surface area (Å²) in [7, 11) is 0. The number of hydrogen-bond acceptors (Lipinski definition) is 4. The Balaban J connectivity index is 1.85. The van der Waals surface area contributed by atoms with E-state index in [-0.39, 0.29) is 0 Å². The first-order valence-electron chi connectivity index (χ1n) is 5.65. The van der Waals surface area contributed by atoms with Crippen molar-refractivity contribution < 1.29 is 0 Å². The lowest BCUT2D eigenvalue weighted by molar-refractivity contribution is 0.776. The van der Waals surface area contributed by atoms with Gasteiger partial charge in [-0.25, -0.2) is 4.98 Å². The highest BCUT2D eigenvalue weighted by molar-refractivity contribution is 7.13. The van der Waals surface area contributed by atoms with Crippen LogP contribution in [0.3, 0.4) is 0 Å². The van der Waals surface area contributed by atoms with Crippen LogP contribution < -0.4 is 0 Å². The van der Waals surface area contributed by atoms with Crippen LogP contribution in [0.5, 0.6) is 0 Å². The summed E-state index contributed by atoms with van der Waals surface area (Å²) in [5.74, 6) is 0. The SMILES string of the molecule is Cc1cccc(-c2nc(Cn3cnnc3)cs2)c1. The van der Waals surface area contributed by atoms with E-state index in [4.69, 9.17) is 0 Å². The molecule has 0 fully saturated rings. The van der Waals surface area contributed by atoms with Gasteiger partial charge in [0.15, 0.2) is 0 Å².